The fraction of sp³-hybridized carbons (Fsp3) is 0.571. The molecule has 1 aromatic heterocycles. The van der Waals surface area contributed by atoms with Gasteiger partial charge in [-0.15, -0.1) is 5.10 Å². The summed E-state index contributed by atoms with van der Waals surface area (Å²) in [6.45, 7) is 9.81. The summed E-state index contributed by atoms with van der Waals surface area (Å²) in [6.07, 6.45) is 3.79. The van der Waals surface area contributed by atoms with Crippen molar-refractivity contribution in [2.45, 2.75) is 46.2 Å². The number of nitrogens with zero attached hydrogens (tertiary/aromatic N) is 4. The third-order valence-corrected chi connectivity index (χ3v) is 5.21. The molecule has 2 heterocycles. The van der Waals surface area contributed by atoms with Gasteiger partial charge in [0.15, 0.2) is 5.69 Å². The largest absolute Gasteiger partial charge is 0.496 e. The van der Waals surface area contributed by atoms with Crippen LogP contribution in [0.15, 0.2) is 24.4 Å². The number of carbonyl (C=O) groups is 1. The second kappa shape index (κ2) is 9.19. The lowest BCUT2D eigenvalue weighted by Crippen LogP contribution is -2.34. The molecular weight excluding hydrogens is 354 g/mol. The van der Waals surface area contributed by atoms with Crippen LogP contribution < -0.4 is 10.1 Å². The molecular formula is C21H31N5O2. The van der Waals surface area contributed by atoms with E-state index in [1.807, 2.05) is 10.7 Å². The summed E-state index contributed by atoms with van der Waals surface area (Å²) in [7, 11) is 1.70. The molecule has 1 saturated heterocycles. The molecule has 3 rings (SSSR count). The molecule has 1 N–H and O–H groups in total. The fourth-order valence-corrected chi connectivity index (χ4v) is 3.59. The molecule has 2 aromatic rings. The van der Waals surface area contributed by atoms with Crippen LogP contribution in [0.3, 0.4) is 0 Å². The number of benzene rings is 1. The Morgan fingerprint density at radius 1 is 1.32 bits per heavy atom. The molecule has 1 aliphatic heterocycles. The first-order valence-corrected chi connectivity index (χ1v) is 10.0. The molecule has 0 spiro atoms. The summed E-state index contributed by atoms with van der Waals surface area (Å²) in [5.74, 6) is 1.20. The van der Waals surface area contributed by atoms with Gasteiger partial charge in [-0.05, 0) is 42.9 Å². The number of ether oxygens (including phenoxy) is 1. The number of hydrogen-bond donors (Lipinski definition) is 1. The third-order valence-electron chi connectivity index (χ3n) is 5.21. The molecule has 1 aromatic carbocycles. The van der Waals surface area contributed by atoms with Gasteiger partial charge >= 0.3 is 0 Å². The Bertz CT molecular complexity index is 794. The predicted octanol–water partition coefficient (Wildman–Crippen LogP) is 2.82. The number of piperidine rings is 1. The summed E-state index contributed by atoms with van der Waals surface area (Å²) >= 11 is 0. The Balaban J connectivity index is 1.51. The molecule has 0 unspecified atom stereocenters. The van der Waals surface area contributed by atoms with Crippen molar-refractivity contribution in [1.29, 1.82) is 0 Å². The second-order valence-electron chi connectivity index (χ2n) is 8.00. The highest BCUT2D eigenvalue weighted by Gasteiger charge is 2.23. The second-order valence-corrected chi connectivity index (χ2v) is 8.00. The van der Waals surface area contributed by atoms with Gasteiger partial charge in [-0.25, -0.2) is 4.68 Å². The van der Waals surface area contributed by atoms with Gasteiger partial charge in [-0.3, -0.25) is 9.69 Å². The van der Waals surface area contributed by atoms with Gasteiger partial charge in [-0.2, -0.15) is 0 Å². The van der Waals surface area contributed by atoms with Crippen LogP contribution in [0.25, 0.3) is 0 Å². The number of nitrogens with one attached hydrogen (secondary N) is 1. The smallest absolute Gasteiger partial charge is 0.273 e. The van der Waals surface area contributed by atoms with Crippen molar-refractivity contribution in [3.05, 3.63) is 41.2 Å². The molecule has 0 atom stereocenters. The van der Waals surface area contributed by atoms with E-state index in [0.717, 1.165) is 38.2 Å². The first kappa shape index (κ1) is 20.3. The summed E-state index contributed by atoms with van der Waals surface area (Å²) in [5, 5.41) is 11.1. The van der Waals surface area contributed by atoms with Crippen LogP contribution in [-0.4, -0.2) is 52.5 Å². The van der Waals surface area contributed by atoms with E-state index in [-0.39, 0.29) is 5.91 Å². The topological polar surface area (TPSA) is 72.3 Å². The first-order chi connectivity index (χ1) is 13.5. The van der Waals surface area contributed by atoms with Gasteiger partial charge in [0, 0.05) is 26.2 Å². The zero-order valence-electron chi connectivity index (χ0n) is 17.3. The van der Waals surface area contributed by atoms with Gasteiger partial charge in [-0.1, -0.05) is 31.2 Å². The van der Waals surface area contributed by atoms with E-state index in [4.69, 9.17) is 4.74 Å². The minimum atomic E-state index is -0.146. The van der Waals surface area contributed by atoms with Crippen molar-refractivity contribution in [1.82, 2.24) is 25.2 Å². The Morgan fingerprint density at radius 2 is 2.07 bits per heavy atom. The molecule has 0 radical (unpaired) electrons. The number of aryl methyl sites for hydroxylation is 1. The van der Waals surface area contributed by atoms with Crippen LogP contribution in [0.4, 0.5) is 0 Å². The minimum absolute atomic E-state index is 0.146. The zero-order valence-corrected chi connectivity index (χ0v) is 17.3. The van der Waals surface area contributed by atoms with E-state index in [9.17, 15) is 4.79 Å². The van der Waals surface area contributed by atoms with E-state index >= 15 is 0 Å². The normalized spacial score (nSPS) is 15.8. The highest BCUT2D eigenvalue weighted by Crippen LogP contribution is 2.24. The number of methoxy groups -OCH3 is 1. The number of amides is 1. The summed E-state index contributed by atoms with van der Waals surface area (Å²) in [6, 6.07) is 6.67. The summed E-state index contributed by atoms with van der Waals surface area (Å²) in [5.41, 5.74) is 2.87. The van der Waals surface area contributed by atoms with Crippen LogP contribution in [0.5, 0.6) is 5.75 Å². The molecule has 0 bridgehead atoms. The van der Waals surface area contributed by atoms with E-state index in [0.29, 0.717) is 24.2 Å². The summed E-state index contributed by atoms with van der Waals surface area (Å²) in [4.78, 5) is 14.6. The van der Waals surface area contributed by atoms with E-state index in [1.165, 1.54) is 11.1 Å². The van der Waals surface area contributed by atoms with Crippen LogP contribution in [0.2, 0.25) is 0 Å². The Kier molecular flexibility index (Phi) is 6.67. The van der Waals surface area contributed by atoms with Crippen LogP contribution in [0.1, 0.15) is 54.3 Å². The minimum Gasteiger partial charge on any atom is -0.496 e. The molecule has 152 valence electrons. The molecule has 1 amide bonds. The van der Waals surface area contributed by atoms with Gasteiger partial charge in [0.25, 0.3) is 5.91 Å². The van der Waals surface area contributed by atoms with Gasteiger partial charge < -0.3 is 10.1 Å². The van der Waals surface area contributed by atoms with E-state index < -0.39 is 0 Å². The Hall–Kier alpha value is -2.41. The average molecular weight is 386 g/mol. The van der Waals surface area contributed by atoms with Crippen LogP contribution in [0, 0.1) is 12.8 Å². The van der Waals surface area contributed by atoms with E-state index in [2.05, 4.69) is 53.4 Å². The molecule has 7 nitrogen and oxygen atoms in total. The van der Waals surface area contributed by atoms with Crippen LogP contribution >= 0.6 is 0 Å². The van der Waals surface area contributed by atoms with Crippen LogP contribution in [-0.2, 0) is 6.54 Å². The Labute approximate surface area is 167 Å². The maximum absolute atomic E-state index is 12.1. The molecule has 0 saturated carbocycles. The highest BCUT2D eigenvalue weighted by atomic mass is 16.5. The number of rotatable bonds is 7. The number of carbonyl (C=O) groups excluding carboxylic acids is 1. The Morgan fingerprint density at radius 3 is 2.71 bits per heavy atom. The van der Waals surface area contributed by atoms with Crippen molar-refractivity contribution < 1.29 is 9.53 Å². The first-order valence-electron chi connectivity index (χ1n) is 10.0. The fourth-order valence-electron chi connectivity index (χ4n) is 3.59. The van der Waals surface area contributed by atoms with Crippen molar-refractivity contribution in [2.24, 2.45) is 5.92 Å². The van der Waals surface area contributed by atoms with Crippen molar-refractivity contribution in [2.75, 3.05) is 26.7 Å². The lowest BCUT2D eigenvalue weighted by Gasteiger charge is -2.31. The van der Waals surface area contributed by atoms with Gasteiger partial charge in [0.05, 0.1) is 19.3 Å². The molecule has 0 aliphatic carbocycles. The third kappa shape index (κ3) is 5.10. The molecule has 7 heteroatoms. The maximum Gasteiger partial charge on any atom is 0.273 e. The molecule has 1 aliphatic rings. The van der Waals surface area contributed by atoms with Crippen molar-refractivity contribution in [3.63, 3.8) is 0 Å². The summed E-state index contributed by atoms with van der Waals surface area (Å²) < 4.78 is 7.20. The van der Waals surface area contributed by atoms with Crippen molar-refractivity contribution >= 4 is 5.91 Å². The quantitative estimate of drug-likeness (QED) is 0.793. The lowest BCUT2D eigenvalue weighted by atomic mass is 10.0. The predicted molar refractivity (Wildman–Crippen MR) is 108 cm³/mol. The highest BCUT2D eigenvalue weighted by molar-refractivity contribution is 5.91. The average Bonchev–Trinajstić information content (AvgIpc) is 3.17. The van der Waals surface area contributed by atoms with E-state index in [1.54, 1.807) is 13.3 Å². The number of aromatic nitrogens is 3. The SMILES string of the molecule is COc1ccc(CN2CCC(n3cc(C(=O)NCC(C)C)nn3)CC2)cc1C. The maximum atomic E-state index is 12.1. The van der Waals surface area contributed by atoms with Gasteiger partial charge in [0.1, 0.15) is 5.75 Å². The van der Waals surface area contributed by atoms with Crippen molar-refractivity contribution in [3.8, 4) is 5.75 Å². The number of likely N-dealkylation sites (tertiary alicyclic amines) is 1. The zero-order chi connectivity index (χ0) is 20.1. The standard InChI is InChI=1S/C21H31N5O2/c1-15(2)12-22-21(27)19-14-26(24-23-19)18-7-9-25(10-8-18)13-17-5-6-20(28-4)16(3)11-17/h5-6,11,14-15,18H,7-10,12-13H2,1-4H3,(H,22,27). The molecule has 28 heavy (non-hydrogen) atoms. The van der Waals surface area contributed by atoms with Gasteiger partial charge in [0.2, 0.25) is 0 Å². The molecule has 1 fully saturated rings. The lowest BCUT2D eigenvalue weighted by molar-refractivity contribution is 0.0944. The number of hydrogen-bond acceptors (Lipinski definition) is 5. The monoisotopic (exact) mass is 385 g/mol.